The molecule has 1 aromatic rings. The molecule has 1 heteroatoms. The lowest BCUT2D eigenvalue weighted by Gasteiger charge is -2.08. The van der Waals surface area contributed by atoms with Gasteiger partial charge in [-0.2, -0.15) is 0 Å². The van der Waals surface area contributed by atoms with Crippen LogP contribution in [0.3, 0.4) is 0 Å². The minimum atomic E-state index is 0.204. The van der Waals surface area contributed by atoms with Gasteiger partial charge < -0.3 is 4.74 Å². The molecule has 0 saturated heterocycles. The molecule has 11 heavy (non-hydrogen) atoms. The minimum absolute atomic E-state index is 0.204. The van der Waals surface area contributed by atoms with Crippen LogP contribution in [0.15, 0.2) is 24.3 Å². The van der Waals surface area contributed by atoms with Crippen molar-refractivity contribution in [3.8, 4) is 0 Å². The highest BCUT2D eigenvalue weighted by Crippen LogP contribution is 2.15. The summed E-state index contributed by atoms with van der Waals surface area (Å²) in [5, 5.41) is 0. The topological polar surface area (TPSA) is 9.23 Å². The molecule has 60 valence electrons. The first kappa shape index (κ1) is 8.28. The summed E-state index contributed by atoms with van der Waals surface area (Å²) in [6, 6.07) is 8.41. The number of hydrogen-bond donors (Lipinski definition) is 0. The molecule has 0 spiro atoms. The summed E-state index contributed by atoms with van der Waals surface area (Å²) in [6.45, 7) is 4.13. The van der Waals surface area contributed by atoms with Gasteiger partial charge in [-0.05, 0) is 19.4 Å². The zero-order valence-electron chi connectivity index (χ0n) is 7.29. The van der Waals surface area contributed by atoms with Crippen molar-refractivity contribution in [2.75, 3.05) is 7.11 Å². The van der Waals surface area contributed by atoms with Crippen LogP contribution >= 0.6 is 0 Å². The van der Waals surface area contributed by atoms with Gasteiger partial charge in [-0.25, -0.2) is 0 Å². The predicted octanol–water partition coefficient (Wildman–Crippen LogP) is 2.70. The lowest BCUT2D eigenvalue weighted by molar-refractivity contribution is 0.119. The SMILES string of the molecule is COC(C)c1ccc(C)cc1. The fourth-order valence-corrected chi connectivity index (χ4v) is 0.974. The summed E-state index contributed by atoms with van der Waals surface area (Å²) >= 11 is 0. The Morgan fingerprint density at radius 2 is 1.73 bits per heavy atom. The van der Waals surface area contributed by atoms with Crippen LogP contribution in [0.25, 0.3) is 0 Å². The number of ether oxygens (including phenoxy) is 1. The molecule has 1 atom stereocenters. The predicted molar refractivity (Wildman–Crippen MR) is 46.6 cm³/mol. The molecular formula is C10H14O. The third kappa shape index (κ3) is 2.05. The zero-order valence-corrected chi connectivity index (χ0v) is 7.29. The normalized spacial score (nSPS) is 13.0. The van der Waals surface area contributed by atoms with Crippen molar-refractivity contribution in [1.29, 1.82) is 0 Å². The summed E-state index contributed by atoms with van der Waals surface area (Å²) in [7, 11) is 1.73. The van der Waals surface area contributed by atoms with Crippen molar-refractivity contribution in [3.63, 3.8) is 0 Å². The van der Waals surface area contributed by atoms with Crippen LogP contribution < -0.4 is 0 Å². The second-order valence-corrected chi connectivity index (χ2v) is 2.79. The van der Waals surface area contributed by atoms with Gasteiger partial charge in [0, 0.05) is 7.11 Å². The van der Waals surface area contributed by atoms with E-state index in [1.807, 2.05) is 6.92 Å². The lowest BCUT2D eigenvalue weighted by atomic mass is 10.1. The van der Waals surface area contributed by atoms with Crippen LogP contribution in [0.2, 0.25) is 0 Å². The van der Waals surface area contributed by atoms with Crippen molar-refractivity contribution in [1.82, 2.24) is 0 Å². The Bertz CT molecular complexity index is 213. The molecule has 0 aliphatic carbocycles. The first-order chi connectivity index (χ1) is 5.24. The largest absolute Gasteiger partial charge is 0.377 e. The smallest absolute Gasteiger partial charge is 0.0793 e. The average Bonchev–Trinajstić information content (AvgIpc) is 2.05. The van der Waals surface area contributed by atoms with E-state index in [1.54, 1.807) is 7.11 Å². The van der Waals surface area contributed by atoms with Gasteiger partial charge in [0.2, 0.25) is 0 Å². The van der Waals surface area contributed by atoms with E-state index in [0.717, 1.165) is 0 Å². The molecule has 0 aliphatic rings. The van der Waals surface area contributed by atoms with Crippen molar-refractivity contribution in [3.05, 3.63) is 35.4 Å². The van der Waals surface area contributed by atoms with E-state index < -0.39 is 0 Å². The van der Waals surface area contributed by atoms with Gasteiger partial charge >= 0.3 is 0 Å². The van der Waals surface area contributed by atoms with Crippen LogP contribution in [0.5, 0.6) is 0 Å². The van der Waals surface area contributed by atoms with Crippen LogP contribution in [0.4, 0.5) is 0 Å². The quantitative estimate of drug-likeness (QED) is 0.629. The van der Waals surface area contributed by atoms with Crippen molar-refractivity contribution >= 4 is 0 Å². The summed E-state index contributed by atoms with van der Waals surface area (Å²) in [5.74, 6) is 0. The molecule has 0 aliphatic heterocycles. The zero-order chi connectivity index (χ0) is 8.27. The molecule has 1 rings (SSSR count). The van der Waals surface area contributed by atoms with E-state index in [0.29, 0.717) is 0 Å². The number of benzene rings is 1. The molecule has 0 aromatic heterocycles. The van der Waals surface area contributed by atoms with Gasteiger partial charge in [-0.1, -0.05) is 29.8 Å². The Kier molecular flexibility index (Phi) is 2.66. The maximum Gasteiger partial charge on any atom is 0.0793 e. The van der Waals surface area contributed by atoms with Gasteiger partial charge in [0.15, 0.2) is 0 Å². The molecular weight excluding hydrogens is 136 g/mol. The second-order valence-electron chi connectivity index (χ2n) is 2.79. The van der Waals surface area contributed by atoms with E-state index in [2.05, 4.69) is 31.2 Å². The number of methoxy groups -OCH3 is 1. The van der Waals surface area contributed by atoms with Crippen LogP contribution in [0, 0.1) is 6.92 Å². The molecule has 0 N–H and O–H groups in total. The second kappa shape index (κ2) is 3.54. The summed E-state index contributed by atoms with van der Waals surface area (Å²) in [4.78, 5) is 0. The van der Waals surface area contributed by atoms with E-state index in [-0.39, 0.29) is 6.10 Å². The summed E-state index contributed by atoms with van der Waals surface area (Å²) in [6.07, 6.45) is 0.204. The fourth-order valence-electron chi connectivity index (χ4n) is 0.974. The van der Waals surface area contributed by atoms with E-state index in [1.165, 1.54) is 11.1 Å². The Labute approximate surface area is 68.0 Å². The molecule has 0 fully saturated rings. The Hall–Kier alpha value is -0.820. The van der Waals surface area contributed by atoms with Gasteiger partial charge in [-0.3, -0.25) is 0 Å². The van der Waals surface area contributed by atoms with Crippen molar-refractivity contribution < 1.29 is 4.74 Å². The van der Waals surface area contributed by atoms with Crippen LogP contribution in [0.1, 0.15) is 24.2 Å². The monoisotopic (exact) mass is 150 g/mol. The Balaban J connectivity index is 2.81. The maximum absolute atomic E-state index is 5.18. The van der Waals surface area contributed by atoms with Crippen molar-refractivity contribution in [2.24, 2.45) is 0 Å². The van der Waals surface area contributed by atoms with E-state index in [9.17, 15) is 0 Å². The molecule has 0 bridgehead atoms. The summed E-state index contributed by atoms with van der Waals surface area (Å²) in [5.41, 5.74) is 2.52. The lowest BCUT2D eigenvalue weighted by Crippen LogP contribution is -1.94. The Morgan fingerprint density at radius 1 is 1.18 bits per heavy atom. The van der Waals surface area contributed by atoms with Gasteiger partial charge in [0.05, 0.1) is 6.10 Å². The van der Waals surface area contributed by atoms with Crippen molar-refractivity contribution in [2.45, 2.75) is 20.0 Å². The number of aryl methyl sites for hydroxylation is 1. The Morgan fingerprint density at radius 3 is 2.18 bits per heavy atom. The number of rotatable bonds is 2. The molecule has 1 unspecified atom stereocenters. The van der Waals surface area contributed by atoms with Crippen LogP contribution in [-0.4, -0.2) is 7.11 Å². The molecule has 1 nitrogen and oxygen atoms in total. The van der Waals surface area contributed by atoms with Gasteiger partial charge in [0.25, 0.3) is 0 Å². The highest BCUT2D eigenvalue weighted by molar-refractivity contribution is 5.22. The first-order valence-electron chi connectivity index (χ1n) is 3.83. The number of hydrogen-bond acceptors (Lipinski definition) is 1. The molecule has 0 amide bonds. The molecule has 0 heterocycles. The first-order valence-corrected chi connectivity index (χ1v) is 3.83. The summed E-state index contributed by atoms with van der Waals surface area (Å²) < 4.78 is 5.18. The average molecular weight is 150 g/mol. The molecule has 1 aromatic carbocycles. The van der Waals surface area contributed by atoms with Crippen LogP contribution in [-0.2, 0) is 4.74 Å². The minimum Gasteiger partial charge on any atom is -0.377 e. The maximum atomic E-state index is 5.18. The standard InChI is InChI=1S/C10H14O/c1-8-4-6-10(7-5-8)9(2)11-3/h4-7,9H,1-3H3. The van der Waals surface area contributed by atoms with Gasteiger partial charge in [-0.15, -0.1) is 0 Å². The van der Waals surface area contributed by atoms with Gasteiger partial charge in [0.1, 0.15) is 0 Å². The van der Waals surface area contributed by atoms with E-state index in [4.69, 9.17) is 4.74 Å². The highest BCUT2D eigenvalue weighted by Gasteiger charge is 2.00. The molecule has 0 saturated carbocycles. The van der Waals surface area contributed by atoms with E-state index >= 15 is 0 Å². The highest BCUT2D eigenvalue weighted by atomic mass is 16.5. The fraction of sp³-hybridized carbons (Fsp3) is 0.400. The molecule has 0 radical (unpaired) electrons. The third-order valence-electron chi connectivity index (χ3n) is 1.90. The third-order valence-corrected chi connectivity index (χ3v) is 1.90.